The summed E-state index contributed by atoms with van der Waals surface area (Å²) in [5, 5.41) is 6.53. The first-order chi connectivity index (χ1) is 13.2. The maximum atomic E-state index is 12.9. The average molecular weight is 496 g/mol. The van der Waals surface area contributed by atoms with Crippen molar-refractivity contribution in [2.24, 2.45) is 4.99 Å². The van der Waals surface area contributed by atoms with Gasteiger partial charge in [0.1, 0.15) is 5.82 Å². The maximum absolute atomic E-state index is 12.9. The van der Waals surface area contributed by atoms with E-state index in [1.807, 2.05) is 29.2 Å². The third-order valence-corrected chi connectivity index (χ3v) is 4.62. The molecule has 1 aliphatic rings. The predicted molar refractivity (Wildman–Crippen MR) is 122 cm³/mol. The second-order valence-corrected chi connectivity index (χ2v) is 6.54. The summed E-state index contributed by atoms with van der Waals surface area (Å²) in [6, 6.07) is 14.6. The van der Waals surface area contributed by atoms with E-state index in [0.717, 1.165) is 42.2 Å². The van der Waals surface area contributed by atoms with Crippen LogP contribution in [-0.2, 0) is 17.8 Å². The molecule has 0 spiro atoms. The van der Waals surface area contributed by atoms with Crippen molar-refractivity contribution >= 4 is 41.5 Å². The Bertz CT molecular complexity index is 793. The Morgan fingerprint density at radius 1 is 1.07 bits per heavy atom. The van der Waals surface area contributed by atoms with Gasteiger partial charge in [-0.2, -0.15) is 0 Å². The molecular formula is C21H26FIN4O. The van der Waals surface area contributed by atoms with E-state index in [2.05, 4.69) is 15.6 Å². The van der Waals surface area contributed by atoms with Crippen molar-refractivity contribution < 1.29 is 9.18 Å². The molecule has 7 heteroatoms. The minimum absolute atomic E-state index is 0. The molecular weight excluding hydrogens is 470 g/mol. The number of carbonyl (C=O) groups is 1. The Morgan fingerprint density at radius 3 is 2.36 bits per heavy atom. The Kier molecular flexibility index (Phi) is 8.69. The van der Waals surface area contributed by atoms with E-state index in [-0.39, 0.29) is 35.7 Å². The van der Waals surface area contributed by atoms with Gasteiger partial charge >= 0.3 is 0 Å². The van der Waals surface area contributed by atoms with E-state index in [0.29, 0.717) is 19.5 Å². The molecule has 2 aromatic rings. The summed E-state index contributed by atoms with van der Waals surface area (Å²) >= 11 is 0. The van der Waals surface area contributed by atoms with Gasteiger partial charge in [0, 0.05) is 38.8 Å². The molecule has 0 atom stereocenters. The molecule has 0 unspecified atom stereocenters. The smallest absolute Gasteiger partial charge is 0.227 e. The molecule has 3 rings (SSSR count). The molecule has 1 heterocycles. The lowest BCUT2D eigenvalue weighted by Crippen LogP contribution is -2.37. The third-order valence-electron chi connectivity index (χ3n) is 4.62. The van der Waals surface area contributed by atoms with Crippen molar-refractivity contribution in [2.75, 3.05) is 25.0 Å². The normalized spacial score (nSPS) is 14.0. The van der Waals surface area contributed by atoms with Gasteiger partial charge in [-0.1, -0.05) is 24.3 Å². The minimum atomic E-state index is -0.218. The lowest BCUT2D eigenvalue weighted by Gasteiger charge is -2.16. The van der Waals surface area contributed by atoms with Crippen molar-refractivity contribution in [1.82, 2.24) is 10.6 Å². The van der Waals surface area contributed by atoms with Crippen LogP contribution in [0.3, 0.4) is 0 Å². The highest BCUT2D eigenvalue weighted by molar-refractivity contribution is 14.0. The monoisotopic (exact) mass is 496 g/mol. The van der Waals surface area contributed by atoms with Crippen LogP contribution in [0.15, 0.2) is 53.5 Å². The van der Waals surface area contributed by atoms with Gasteiger partial charge in [0.05, 0.1) is 0 Å². The number of nitrogens with zero attached hydrogens (tertiary/aromatic N) is 2. The summed E-state index contributed by atoms with van der Waals surface area (Å²) in [6.45, 7) is 2.16. The van der Waals surface area contributed by atoms with Gasteiger partial charge in [-0.3, -0.25) is 9.79 Å². The largest absolute Gasteiger partial charge is 0.356 e. The Morgan fingerprint density at radius 2 is 1.75 bits per heavy atom. The molecule has 1 amide bonds. The standard InChI is InChI=1S/C21H25FN4O.HI/c1-23-21(24-13-12-16-4-8-18(22)9-5-16)25-15-17-6-10-19(11-7-17)26-14-2-3-20(26)27;/h4-11H,2-3,12-15H2,1H3,(H2,23,24,25);1H. The molecule has 5 nitrogen and oxygen atoms in total. The first-order valence-electron chi connectivity index (χ1n) is 9.24. The van der Waals surface area contributed by atoms with Crippen molar-refractivity contribution in [3.63, 3.8) is 0 Å². The van der Waals surface area contributed by atoms with Gasteiger partial charge in [-0.15, -0.1) is 24.0 Å². The first-order valence-corrected chi connectivity index (χ1v) is 9.24. The zero-order valence-corrected chi connectivity index (χ0v) is 18.3. The zero-order valence-electron chi connectivity index (χ0n) is 16.0. The SMILES string of the molecule is CN=C(NCCc1ccc(F)cc1)NCc1ccc(N2CCCC2=O)cc1.I. The molecule has 28 heavy (non-hydrogen) atoms. The number of hydrogen-bond acceptors (Lipinski definition) is 2. The number of anilines is 1. The molecule has 1 aliphatic heterocycles. The van der Waals surface area contributed by atoms with Crippen LogP contribution in [-0.4, -0.2) is 32.0 Å². The van der Waals surface area contributed by atoms with Crippen molar-refractivity contribution in [1.29, 1.82) is 0 Å². The number of amides is 1. The van der Waals surface area contributed by atoms with Gasteiger partial charge in [0.25, 0.3) is 0 Å². The number of nitrogens with one attached hydrogen (secondary N) is 2. The average Bonchev–Trinajstić information content (AvgIpc) is 3.12. The second kappa shape index (κ2) is 11.0. The highest BCUT2D eigenvalue weighted by atomic mass is 127. The van der Waals surface area contributed by atoms with Crippen LogP contribution in [0.1, 0.15) is 24.0 Å². The van der Waals surface area contributed by atoms with Gasteiger partial charge in [0.15, 0.2) is 5.96 Å². The minimum Gasteiger partial charge on any atom is -0.356 e. The van der Waals surface area contributed by atoms with Crippen molar-refractivity contribution in [2.45, 2.75) is 25.8 Å². The number of hydrogen-bond donors (Lipinski definition) is 2. The lowest BCUT2D eigenvalue weighted by molar-refractivity contribution is -0.117. The fourth-order valence-corrected chi connectivity index (χ4v) is 3.10. The molecule has 2 aromatic carbocycles. The summed E-state index contributed by atoms with van der Waals surface area (Å²) < 4.78 is 12.9. The van der Waals surface area contributed by atoms with Crippen LogP contribution in [0, 0.1) is 5.82 Å². The van der Waals surface area contributed by atoms with Crippen molar-refractivity contribution in [3.05, 3.63) is 65.5 Å². The van der Waals surface area contributed by atoms with Gasteiger partial charge in [-0.05, 0) is 48.2 Å². The van der Waals surface area contributed by atoms with Crippen LogP contribution >= 0.6 is 24.0 Å². The molecule has 2 N–H and O–H groups in total. The highest BCUT2D eigenvalue weighted by Gasteiger charge is 2.21. The zero-order chi connectivity index (χ0) is 19.1. The fraction of sp³-hybridized carbons (Fsp3) is 0.333. The van der Waals surface area contributed by atoms with Crippen LogP contribution in [0.25, 0.3) is 0 Å². The predicted octanol–water partition coefficient (Wildman–Crippen LogP) is 3.48. The maximum Gasteiger partial charge on any atom is 0.227 e. The second-order valence-electron chi connectivity index (χ2n) is 6.54. The van der Waals surface area contributed by atoms with E-state index in [1.54, 1.807) is 19.2 Å². The van der Waals surface area contributed by atoms with Gasteiger partial charge in [0.2, 0.25) is 5.91 Å². The van der Waals surface area contributed by atoms with E-state index in [1.165, 1.54) is 12.1 Å². The van der Waals surface area contributed by atoms with E-state index < -0.39 is 0 Å². The van der Waals surface area contributed by atoms with Crippen LogP contribution in [0.4, 0.5) is 10.1 Å². The summed E-state index contributed by atoms with van der Waals surface area (Å²) in [4.78, 5) is 17.9. The lowest BCUT2D eigenvalue weighted by atomic mass is 10.1. The highest BCUT2D eigenvalue weighted by Crippen LogP contribution is 2.21. The molecule has 150 valence electrons. The topological polar surface area (TPSA) is 56.7 Å². The number of carbonyl (C=O) groups excluding carboxylic acids is 1. The molecule has 0 radical (unpaired) electrons. The van der Waals surface area contributed by atoms with E-state index in [9.17, 15) is 9.18 Å². The summed E-state index contributed by atoms with van der Waals surface area (Å²) in [5.74, 6) is 0.701. The molecule has 0 aromatic heterocycles. The quantitative estimate of drug-likeness (QED) is 0.366. The Balaban J connectivity index is 0.00000280. The fourth-order valence-electron chi connectivity index (χ4n) is 3.10. The molecule has 1 saturated heterocycles. The molecule has 1 fully saturated rings. The van der Waals surface area contributed by atoms with Crippen molar-refractivity contribution in [3.8, 4) is 0 Å². The number of halogens is 2. The summed E-state index contributed by atoms with van der Waals surface area (Å²) in [6.07, 6.45) is 2.37. The number of benzene rings is 2. The van der Waals surface area contributed by atoms with E-state index in [4.69, 9.17) is 0 Å². The van der Waals surface area contributed by atoms with Crippen LogP contribution in [0.2, 0.25) is 0 Å². The summed E-state index contributed by atoms with van der Waals surface area (Å²) in [5.41, 5.74) is 3.15. The van der Waals surface area contributed by atoms with Crippen LogP contribution in [0.5, 0.6) is 0 Å². The van der Waals surface area contributed by atoms with E-state index >= 15 is 0 Å². The van der Waals surface area contributed by atoms with Crippen LogP contribution < -0.4 is 15.5 Å². The van der Waals surface area contributed by atoms with Gasteiger partial charge < -0.3 is 15.5 Å². The first kappa shape index (κ1) is 22.1. The third kappa shape index (κ3) is 6.19. The molecule has 0 bridgehead atoms. The Labute approximate surface area is 182 Å². The number of aliphatic imine (C=N–C) groups is 1. The number of rotatable bonds is 6. The summed E-state index contributed by atoms with van der Waals surface area (Å²) in [7, 11) is 1.73. The van der Waals surface area contributed by atoms with Gasteiger partial charge in [-0.25, -0.2) is 4.39 Å². The number of guanidine groups is 1. The Hall–Kier alpha value is -2.16. The molecule has 0 aliphatic carbocycles. The molecule has 0 saturated carbocycles.